The summed E-state index contributed by atoms with van der Waals surface area (Å²) in [5.41, 5.74) is 3.79. The molecular weight excluding hydrogens is 489 g/mol. The predicted octanol–water partition coefficient (Wildman–Crippen LogP) is 2.68. The van der Waals surface area contributed by atoms with Crippen LogP contribution in [0.15, 0.2) is 65.6 Å². The molecule has 0 bridgehead atoms. The van der Waals surface area contributed by atoms with Crippen LogP contribution in [0.3, 0.4) is 0 Å². The predicted molar refractivity (Wildman–Crippen MR) is 129 cm³/mol. The lowest BCUT2D eigenvalue weighted by molar-refractivity contribution is 0.455. The number of piperazine rings is 1. The van der Waals surface area contributed by atoms with Gasteiger partial charge in [0, 0.05) is 36.3 Å². The summed E-state index contributed by atoms with van der Waals surface area (Å²) >= 11 is 2.27. The van der Waals surface area contributed by atoms with Crippen molar-refractivity contribution in [3.63, 3.8) is 0 Å². The van der Waals surface area contributed by atoms with Gasteiger partial charge in [0.1, 0.15) is 5.69 Å². The fourth-order valence-corrected chi connectivity index (χ4v) is 4.96. The first-order valence-corrected chi connectivity index (χ1v) is 11.4. The summed E-state index contributed by atoms with van der Waals surface area (Å²) in [6.45, 7) is 4.42. The van der Waals surface area contributed by atoms with Crippen LogP contribution in [0.5, 0.6) is 0 Å². The molecule has 1 atom stereocenters. The summed E-state index contributed by atoms with van der Waals surface area (Å²) < 4.78 is 2.62. The third-order valence-corrected chi connectivity index (χ3v) is 6.58. The van der Waals surface area contributed by atoms with Crippen LogP contribution in [0.1, 0.15) is 5.56 Å². The number of benzene rings is 2. The van der Waals surface area contributed by atoms with Gasteiger partial charge >= 0.3 is 0 Å². The summed E-state index contributed by atoms with van der Waals surface area (Å²) in [5.74, 6) is 0. The summed E-state index contributed by atoms with van der Waals surface area (Å²) in [6, 6.07) is 18.7. The molecular formula is C23H24IN5O. The molecule has 1 saturated heterocycles. The number of hydrogen-bond donors (Lipinski definition) is 1. The fraction of sp³-hybridized carbons (Fsp3) is 0.304. The van der Waals surface area contributed by atoms with Gasteiger partial charge in [-0.2, -0.15) is 9.78 Å². The first-order valence-electron chi connectivity index (χ1n) is 10.4. The smallest absolute Gasteiger partial charge is 0.297 e. The maximum absolute atomic E-state index is 13.6. The van der Waals surface area contributed by atoms with E-state index in [9.17, 15) is 4.79 Å². The van der Waals surface area contributed by atoms with E-state index in [-0.39, 0.29) is 5.56 Å². The van der Waals surface area contributed by atoms with Crippen molar-refractivity contribution in [3.8, 4) is 5.69 Å². The van der Waals surface area contributed by atoms with Crippen molar-refractivity contribution in [2.24, 2.45) is 0 Å². The van der Waals surface area contributed by atoms with Crippen LogP contribution in [0.2, 0.25) is 0 Å². The Morgan fingerprint density at radius 3 is 2.83 bits per heavy atom. The standard InChI is InChI=1S/C23H24IN5O/c24-18-7-4-8-19(13-18)29-23(30)22-21(15-26-29)28-12-10-25-14-20(28)16-27(22)11-9-17-5-2-1-3-6-17/h1-8,13,15,20,25H,9-12,14,16H2. The Morgan fingerprint density at radius 1 is 1.13 bits per heavy atom. The maximum Gasteiger partial charge on any atom is 0.297 e. The van der Waals surface area contributed by atoms with Crippen molar-refractivity contribution in [3.05, 3.63) is 80.3 Å². The molecule has 1 N–H and O–H groups in total. The Kier molecular flexibility index (Phi) is 5.47. The number of fused-ring (bicyclic) bond motifs is 3. The Bertz CT molecular complexity index is 1100. The average Bonchev–Trinajstić information content (AvgIpc) is 2.78. The molecule has 1 unspecified atom stereocenters. The topological polar surface area (TPSA) is 53.4 Å². The summed E-state index contributed by atoms with van der Waals surface area (Å²) in [4.78, 5) is 18.3. The van der Waals surface area contributed by atoms with E-state index in [0.717, 1.165) is 59.8 Å². The maximum atomic E-state index is 13.6. The van der Waals surface area contributed by atoms with E-state index in [4.69, 9.17) is 0 Å². The van der Waals surface area contributed by atoms with E-state index in [2.05, 4.69) is 67.1 Å². The van der Waals surface area contributed by atoms with Gasteiger partial charge in [-0.15, -0.1) is 0 Å². The molecule has 3 aromatic rings. The van der Waals surface area contributed by atoms with Crippen molar-refractivity contribution >= 4 is 34.0 Å². The molecule has 7 heteroatoms. The first kappa shape index (κ1) is 19.6. The monoisotopic (exact) mass is 513 g/mol. The zero-order valence-electron chi connectivity index (χ0n) is 16.7. The number of hydrogen-bond acceptors (Lipinski definition) is 5. The number of nitrogens with one attached hydrogen (secondary N) is 1. The van der Waals surface area contributed by atoms with Crippen LogP contribution in [0.25, 0.3) is 5.69 Å². The van der Waals surface area contributed by atoms with Crippen LogP contribution in [0, 0.1) is 3.57 Å². The van der Waals surface area contributed by atoms with Gasteiger partial charge in [-0.25, -0.2) is 0 Å². The molecule has 2 aromatic carbocycles. The van der Waals surface area contributed by atoms with Crippen LogP contribution in [-0.2, 0) is 6.42 Å². The minimum Gasteiger partial charge on any atom is -0.363 e. The molecule has 1 aromatic heterocycles. The zero-order valence-corrected chi connectivity index (χ0v) is 18.8. The van der Waals surface area contributed by atoms with E-state index in [1.54, 1.807) is 4.68 Å². The second-order valence-corrected chi connectivity index (χ2v) is 9.05. The van der Waals surface area contributed by atoms with E-state index in [1.807, 2.05) is 36.5 Å². The third kappa shape index (κ3) is 3.72. The fourth-order valence-electron chi connectivity index (χ4n) is 4.43. The van der Waals surface area contributed by atoms with Gasteiger partial charge in [0.25, 0.3) is 5.56 Å². The molecule has 0 radical (unpaired) electrons. The average molecular weight is 513 g/mol. The molecule has 6 nitrogen and oxygen atoms in total. The van der Waals surface area contributed by atoms with Crippen LogP contribution in [-0.4, -0.2) is 48.5 Å². The lowest BCUT2D eigenvalue weighted by Crippen LogP contribution is -2.60. The van der Waals surface area contributed by atoms with Gasteiger partial charge < -0.3 is 15.1 Å². The van der Waals surface area contributed by atoms with E-state index < -0.39 is 0 Å². The molecule has 2 aliphatic rings. The quantitative estimate of drug-likeness (QED) is 0.544. The molecule has 5 rings (SSSR count). The van der Waals surface area contributed by atoms with E-state index >= 15 is 0 Å². The van der Waals surface area contributed by atoms with Gasteiger partial charge in [-0.1, -0.05) is 36.4 Å². The minimum atomic E-state index is -0.0421. The summed E-state index contributed by atoms with van der Waals surface area (Å²) in [7, 11) is 0. The number of aromatic nitrogens is 2. The SMILES string of the molecule is O=c1c2c(cnn1-c1cccc(I)c1)N1CCNCC1CN2CCc1ccccc1. The third-order valence-electron chi connectivity index (χ3n) is 5.91. The molecule has 2 aliphatic heterocycles. The first-order chi connectivity index (χ1) is 14.7. The molecule has 1 fully saturated rings. The number of anilines is 2. The number of nitrogens with zero attached hydrogens (tertiary/aromatic N) is 4. The Labute approximate surface area is 189 Å². The summed E-state index contributed by atoms with van der Waals surface area (Å²) in [6.07, 6.45) is 2.79. The van der Waals surface area contributed by atoms with Crippen molar-refractivity contribution in [1.29, 1.82) is 0 Å². The Morgan fingerprint density at radius 2 is 2.00 bits per heavy atom. The van der Waals surface area contributed by atoms with Gasteiger partial charge in [0.15, 0.2) is 0 Å². The van der Waals surface area contributed by atoms with E-state index in [0.29, 0.717) is 6.04 Å². The van der Waals surface area contributed by atoms with Crippen molar-refractivity contribution in [1.82, 2.24) is 15.1 Å². The van der Waals surface area contributed by atoms with Gasteiger partial charge in [-0.3, -0.25) is 4.79 Å². The highest BCUT2D eigenvalue weighted by Crippen LogP contribution is 2.33. The molecule has 0 amide bonds. The van der Waals surface area contributed by atoms with Crippen LogP contribution < -0.4 is 20.7 Å². The second kappa shape index (κ2) is 8.39. The van der Waals surface area contributed by atoms with Crippen LogP contribution >= 0.6 is 22.6 Å². The van der Waals surface area contributed by atoms with Crippen molar-refractivity contribution in [2.45, 2.75) is 12.5 Å². The van der Waals surface area contributed by atoms with Gasteiger partial charge in [0.05, 0.1) is 23.6 Å². The minimum absolute atomic E-state index is 0.0421. The highest BCUT2D eigenvalue weighted by molar-refractivity contribution is 14.1. The molecule has 0 spiro atoms. The highest BCUT2D eigenvalue weighted by Gasteiger charge is 2.35. The largest absolute Gasteiger partial charge is 0.363 e. The molecule has 30 heavy (non-hydrogen) atoms. The second-order valence-electron chi connectivity index (χ2n) is 7.81. The molecule has 3 heterocycles. The van der Waals surface area contributed by atoms with Gasteiger partial charge in [0.2, 0.25) is 0 Å². The number of rotatable bonds is 4. The zero-order chi connectivity index (χ0) is 20.5. The molecule has 0 aliphatic carbocycles. The van der Waals surface area contributed by atoms with Crippen LogP contribution in [0.4, 0.5) is 11.4 Å². The lowest BCUT2D eigenvalue weighted by Gasteiger charge is -2.46. The number of halogens is 1. The van der Waals surface area contributed by atoms with E-state index in [1.165, 1.54) is 5.56 Å². The summed E-state index contributed by atoms with van der Waals surface area (Å²) in [5, 5.41) is 8.05. The van der Waals surface area contributed by atoms with Crippen molar-refractivity contribution in [2.75, 3.05) is 42.5 Å². The molecule has 0 saturated carbocycles. The van der Waals surface area contributed by atoms with Gasteiger partial charge in [-0.05, 0) is 52.8 Å². The lowest BCUT2D eigenvalue weighted by atomic mass is 10.1. The van der Waals surface area contributed by atoms with Crippen molar-refractivity contribution < 1.29 is 0 Å². The Balaban J connectivity index is 1.56. The normalized spacial score (nSPS) is 18.1. The highest BCUT2D eigenvalue weighted by atomic mass is 127. The Hall–Kier alpha value is -2.39. The molecule has 154 valence electrons.